The molecule has 1 fully saturated rings. The van der Waals surface area contributed by atoms with E-state index in [-0.39, 0.29) is 0 Å². The Morgan fingerprint density at radius 1 is 1.60 bits per heavy atom. The summed E-state index contributed by atoms with van der Waals surface area (Å²) in [6, 6.07) is 3.54. The van der Waals surface area contributed by atoms with Gasteiger partial charge in [-0.25, -0.2) is 9.59 Å². The molecule has 1 aliphatic rings. The molecule has 80 valence electrons. The van der Waals surface area contributed by atoms with Crippen molar-refractivity contribution in [2.24, 2.45) is 0 Å². The lowest BCUT2D eigenvalue weighted by Crippen LogP contribution is -2.22. The first-order valence-electron chi connectivity index (χ1n) is 4.61. The number of hydrogen-bond donors (Lipinski definition) is 0. The average Bonchev–Trinajstić information content (AvgIpc) is 2.77. The molecule has 1 saturated heterocycles. The maximum absolute atomic E-state index is 11.5. The summed E-state index contributed by atoms with van der Waals surface area (Å²) in [6.07, 6.45) is -0.269. The van der Waals surface area contributed by atoms with Gasteiger partial charge in [0.1, 0.15) is 4.88 Å². The second-order valence-electron chi connectivity index (χ2n) is 3.26. The van der Waals surface area contributed by atoms with Crippen LogP contribution in [-0.2, 0) is 14.3 Å². The molecule has 2 heterocycles. The lowest BCUT2D eigenvalue weighted by Gasteiger charge is -2.06. The molecular formula is C10H10O4S. The van der Waals surface area contributed by atoms with Crippen molar-refractivity contribution in [3.05, 3.63) is 21.9 Å². The zero-order valence-corrected chi connectivity index (χ0v) is 9.00. The first-order valence-corrected chi connectivity index (χ1v) is 5.42. The number of carbonyl (C=O) groups excluding carboxylic acids is 2. The van der Waals surface area contributed by atoms with E-state index in [1.54, 1.807) is 6.07 Å². The number of esters is 2. The SMILES string of the molecule is Cc1ccc(C(=O)OC2CCOC2=O)s1. The smallest absolute Gasteiger partial charge is 0.349 e. The van der Waals surface area contributed by atoms with E-state index in [0.717, 1.165) is 4.88 Å². The van der Waals surface area contributed by atoms with E-state index in [9.17, 15) is 9.59 Å². The number of cyclic esters (lactones) is 1. The van der Waals surface area contributed by atoms with E-state index in [1.165, 1.54) is 11.3 Å². The predicted molar refractivity (Wildman–Crippen MR) is 53.8 cm³/mol. The first-order chi connectivity index (χ1) is 7.16. The van der Waals surface area contributed by atoms with Crippen LogP contribution in [0.3, 0.4) is 0 Å². The Morgan fingerprint density at radius 2 is 2.40 bits per heavy atom. The van der Waals surface area contributed by atoms with Gasteiger partial charge in [0.05, 0.1) is 6.61 Å². The van der Waals surface area contributed by atoms with E-state index >= 15 is 0 Å². The maximum atomic E-state index is 11.5. The van der Waals surface area contributed by atoms with Gasteiger partial charge < -0.3 is 9.47 Å². The highest BCUT2D eigenvalue weighted by atomic mass is 32.1. The monoisotopic (exact) mass is 226 g/mol. The van der Waals surface area contributed by atoms with Crippen molar-refractivity contribution in [2.45, 2.75) is 19.4 Å². The molecule has 0 saturated carbocycles. The molecule has 0 spiro atoms. The number of ether oxygens (including phenoxy) is 2. The minimum Gasteiger partial charge on any atom is -0.463 e. The molecule has 1 aliphatic heterocycles. The summed E-state index contributed by atoms with van der Waals surface area (Å²) in [5, 5.41) is 0. The van der Waals surface area contributed by atoms with Gasteiger partial charge >= 0.3 is 11.9 Å². The molecule has 0 aliphatic carbocycles. The molecule has 0 amide bonds. The summed E-state index contributed by atoms with van der Waals surface area (Å²) in [7, 11) is 0. The van der Waals surface area contributed by atoms with Gasteiger partial charge in [0.15, 0.2) is 0 Å². The lowest BCUT2D eigenvalue weighted by atomic mass is 10.3. The van der Waals surface area contributed by atoms with Gasteiger partial charge in [0.2, 0.25) is 6.10 Å². The minimum atomic E-state index is -0.722. The predicted octanol–water partition coefficient (Wildman–Crippen LogP) is 1.53. The van der Waals surface area contributed by atoms with Gasteiger partial charge in [0.25, 0.3) is 0 Å². The van der Waals surface area contributed by atoms with E-state index in [0.29, 0.717) is 17.9 Å². The fourth-order valence-corrected chi connectivity index (χ4v) is 2.07. The van der Waals surface area contributed by atoms with Gasteiger partial charge in [-0.05, 0) is 19.1 Å². The van der Waals surface area contributed by atoms with E-state index in [2.05, 4.69) is 0 Å². The Morgan fingerprint density at radius 3 is 2.93 bits per heavy atom. The fourth-order valence-electron chi connectivity index (χ4n) is 1.32. The Balaban J connectivity index is 2.00. The normalized spacial score (nSPS) is 20.1. The Bertz CT molecular complexity index is 396. The minimum absolute atomic E-state index is 0.334. The Hall–Kier alpha value is -1.36. The maximum Gasteiger partial charge on any atom is 0.349 e. The summed E-state index contributed by atoms with van der Waals surface area (Å²) in [5.41, 5.74) is 0. The van der Waals surface area contributed by atoms with Gasteiger partial charge in [0, 0.05) is 11.3 Å². The van der Waals surface area contributed by atoms with Crippen molar-refractivity contribution >= 4 is 23.3 Å². The van der Waals surface area contributed by atoms with E-state index in [1.807, 2.05) is 13.0 Å². The fraction of sp³-hybridized carbons (Fsp3) is 0.400. The molecule has 1 aromatic rings. The zero-order valence-electron chi connectivity index (χ0n) is 8.19. The number of thiophene rings is 1. The van der Waals surface area contributed by atoms with Crippen LogP contribution in [-0.4, -0.2) is 24.6 Å². The summed E-state index contributed by atoms with van der Waals surface area (Å²) in [4.78, 5) is 24.1. The average molecular weight is 226 g/mol. The standard InChI is InChI=1S/C10H10O4S/c1-6-2-3-8(15-6)10(12)14-7-4-5-13-9(7)11/h2-3,7H,4-5H2,1H3. The van der Waals surface area contributed by atoms with Crippen molar-refractivity contribution in [2.75, 3.05) is 6.61 Å². The van der Waals surface area contributed by atoms with Gasteiger partial charge in [-0.15, -0.1) is 11.3 Å². The van der Waals surface area contributed by atoms with E-state index < -0.39 is 18.0 Å². The topological polar surface area (TPSA) is 52.6 Å². The van der Waals surface area contributed by atoms with Crippen molar-refractivity contribution in [1.82, 2.24) is 0 Å². The molecule has 1 atom stereocenters. The molecule has 1 aromatic heterocycles. The summed E-state index contributed by atoms with van der Waals surface area (Å²) in [5.74, 6) is -0.895. The highest BCUT2D eigenvalue weighted by Crippen LogP contribution is 2.19. The molecule has 1 unspecified atom stereocenters. The van der Waals surface area contributed by atoms with Gasteiger partial charge in [-0.1, -0.05) is 0 Å². The third-order valence-corrected chi connectivity index (χ3v) is 3.06. The largest absolute Gasteiger partial charge is 0.463 e. The third-order valence-electron chi connectivity index (χ3n) is 2.08. The highest BCUT2D eigenvalue weighted by molar-refractivity contribution is 7.13. The van der Waals surface area contributed by atoms with Gasteiger partial charge in [-0.3, -0.25) is 0 Å². The number of carbonyl (C=O) groups is 2. The van der Waals surface area contributed by atoms with Gasteiger partial charge in [-0.2, -0.15) is 0 Å². The lowest BCUT2D eigenvalue weighted by molar-refractivity contribution is -0.145. The summed E-state index contributed by atoms with van der Waals surface area (Å²) in [6.45, 7) is 2.24. The van der Waals surface area contributed by atoms with Crippen LogP contribution in [0, 0.1) is 6.92 Å². The molecule has 2 rings (SSSR count). The molecule has 15 heavy (non-hydrogen) atoms. The van der Waals surface area contributed by atoms with Crippen LogP contribution < -0.4 is 0 Å². The van der Waals surface area contributed by atoms with Crippen LogP contribution in [0.1, 0.15) is 21.0 Å². The van der Waals surface area contributed by atoms with Crippen LogP contribution >= 0.6 is 11.3 Å². The highest BCUT2D eigenvalue weighted by Gasteiger charge is 2.30. The van der Waals surface area contributed by atoms with Crippen molar-refractivity contribution < 1.29 is 19.1 Å². The Kier molecular flexibility index (Phi) is 2.73. The summed E-state index contributed by atoms with van der Waals surface area (Å²) >= 11 is 1.35. The molecule has 0 bridgehead atoms. The molecule has 4 nitrogen and oxygen atoms in total. The molecule has 0 radical (unpaired) electrons. The number of aryl methyl sites for hydroxylation is 1. The molecular weight excluding hydrogens is 216 g/mol. The third kappa shape index (κ3) is 2.18. The van der Waals surface area contributed by atoms with Crippen LogP contribution in [0.15, 0.2) is 12.1 Å². The number of rotatable bonds is 2. The second kappa shape index (κ2) is 4.02. The zero-order chi connectivity index (χ0) is 10.8. The van der Waals surface area contributed by atoms with Crippen LogP contribution in [0.4, 0.5) is 0 Å². The van der Waals surface area contributed by atoms with Crippen molar-refractivity contribution in [3.63, 3.8) is 0 Å². The van der Waals surface area contributed by atoms with Crippen molar-refractivity contribution in [1.29, 1.82) is 0 Å². The van der Waals surface area contributed by atoms with Crippen LogP contribution in [0.5, 0.6) is 0 Å². The number of hydrogen-bond acceptors (Lipinski definition) is 5. The second-order valence-corrected chi connectivity index (χ2v) is 4.55. The quantitative estimate of drug-likeness (QED) is 0.717. The molecule has 0 aromatic carbocycles. The first kappa shape index (κ1) is 10.2. The summed E-state index contributed by atoms with van der Waals surface area (Å²) < 4.78 is 9.71. The molecule has 5 heteroatoms. The van der Waals surface area contributed by atoms with Crippen LogP contribution in [0.25, 0.3) is 0 Å². The Labute approximate surface area is 90.8 Å². The van der Waals surface area contributed by atoms with Crippen molar-refractivity contribution in [3.8, 4) is 0 Å². The van der Waals surface area contributed by atoms with Crippen LogP contribution in [0.2, 0.25) is 0 Å². The van der Waals surface area contributed by atoms with E-state index in [4.69, 9.17) is 9.47 Å². The molecule has 0 N–H and O–H groups in total.